The molecule has 2 aromatic rings. The molecular weight excluding hydrogens is 256 g/mol. The maximum atomic E-state index is 10.8. The fourth-order valence-electron chi connectivity index (χ4n) is 1.66. The fraction of sp³-hybridized carbons (Fsp3) is 0.133. The van der Waals surface area contributed by atoms with E-state index in [0.717, 1.165) is 5.56 Å². The minimum absolute atomic E-state index is 0.124. The minimum atomic E-state index is -1.02. The zero-order chi connectivity index (χ0) is 14.5. The number of carboxylic acids is 1. The van der Waals surface area contributed by atoms with Crippen molar-refractivity contribution in [3.63, 3.8) is 0 Å². The van der Waals surface area contributed by atoms with Gasteiger partial charge in [0.25, 0.3) is 0 Å². The van der Waals surface area contributed by atoms with Gasteiger partial charge in [0, 0.05) is 11.8 Å². The molecule has 0 amide bonds. The third kappa shape index (κ3) is 3.12. The summed E-state index contributed by atoms with van der Waals surface area (Å²) in [7, 11) is 0. The largest absolute Gasteiger partial charge is 0.478 e. The Hall–Kier alpha value is -2.87. The number of benzene rings is 1. The molecule has 0 bridgehead atoms. The molecule has 0 spiro atoms. The summed E-state index contributed by atoms with van der Waals surface area (Å²) in [5.41, 5.74) is 1.68. The molecule has 0 unspecified atom stereocenters. The van der Waals surface area contributed by atoms with Crippen molar-refractivity contribution < 1.29 is 14.6 Å². The standard InChI is InChI=1S/C15H12N2O3/c1-10-8-12(15(18)19)9-17-14(10)20-13-4-2-11(3-5-13)6-7-16/h2-5,8-9H,6H2,1H3,(H,18,19). The number of nitrogens with zero attached hydrogens (tertiary/aromatic N) is 2. The van der Waals surface area contributed by atoms with Gasteiger partial charge in [-0.15, -0.1) is 0 Å². The van der Waals surface area contributed by atoms with Crippen LogP contribution in [-0.4, -0.2) is 16.1 Å². The first kappa shape index (κ1) is 13.6. The molecule has 20 heavy (non-hydrogen) atoms. The topological polar surface area (TPSA) is 83.2 Å². The minimum Gasteiger partial charge on any atom is -0.478 e. The van der Waals surface area contributed by atoms with Crippen LogP contribution in [0.1, 0.15) is 21.5 Å². The van der Waals surface area contributed by atoms with E-state index >= 15 is 0 Å². The predicted octanol–water partition coefficient (Wildman–Crippen LogP) is 2.95. The van der Waals surface area contributed by atoms with Crippen LogP contribution in [0.5, 0.6) is 11.6 Å². The van der Waals surface area contributed by atoms with Crippen LogP contribution in [0.2, 0.25) is 0 Å². The normalized spacial score (nSPS) is 9.80. The second-order valence-corrected chi connectivity index (χ2v) is 4.23. The highest BCUT2D eigenvalue weighted by Gasteiger charge is 2.08. The lowest BCUT2D eigenvalue weighted by Gasteiger charge is -2.08. The van der Waals surface area contributed by atoms with E-state index in [1.165, 1.54) is 12.3 Å². The molecule has 0 aliphatic carbocycles. The first-order valence-corrected chi connectivity index (χ1v) is 5.94. The van der Waals surface area contributed by atoms with Gasteiger partial charge in [-0.3, -0.25) is 0 Å². The summed E-state index contributed by atoms with van der Waals surface area (Å²) < 4.78 is 5.59. The zero-order valence-corrected chi connectivity index (χ0v) is 10.8. The Morgan fingerprint density at radius 3 is 2.65 bits per heavy atom. The van der Waals surface area contributed by atoms with Crippen LogP contribution in [0.25, 0.3) is 0 Å². The quantitative estimate of drug-likeness (QED) is 0.921. The monoisotopic (exact) mass is 268 g/mol. The van der Waals surface area contributed by atoms with Crippen molar-refractivity contribution in [2.45, 2.75) is 13.3 Å². The van der Waals surface area contributed by atoms with Crippen LogP contribution in [0.15, 0.2) is 36.5 Å². The summed E-state index contributed by atoms with van der Waals surface area (Å²) in [5, 5.41) is 17.5. The highest BCUT2D eigenvalue weighted by Crippen LogP contribution is 2.23. The molecule has 0 radical (unpaired) electrons. The predicted molar refractivity (Wildman–Crippen MR) is 71.8 cm³/mol. The Morgan fingerprint density at radius 2 is 2.10 bits per heavy atom. The number of pyridine rings is 1. The molecular formula is C15H12N2O3. The van der Waals surface area contributed by atoms with Gasteiger partial charge in [0.1, 0.15) is 5.75 Å². The van der Waals surface area contributed by atoms with Gasteiger partial charge in [0.05, 0.1) is 18.1 Å². The third-order valence-electron chi connectivity index (χ3n) is 2.70. The van der Waals surface area contributed by atoms with Gasteiger partial charge in [-0.25, -0.2) is 9.78 Å². The number of hydrogen-bond acceptors (Lipinski definition) is 4. The van der Waals surface area contributed by atoms with Crippen molar-refractivity contribution in [3.8, 4) is 17.7 Å². The Balaban J connectivity index is 2.17. The van der Waals surface area contributed by atoms with Gasteiger partial charge < -0.3 is 9.84 Å². The molecule has 0 saturated carbocycles. The third-order valence-corrected chi connectivity index (χ3v) is 2.70. The van der Waals surface area contributed by atoms with E-state index in [2.05, 4.69) is 11.1 Å². The molecule has 0 aliphatic rings. The number of ether oxygens (including phenoxy) is 1. The van der Waals surface area contributed by atoms with Gasteiger partial charge in [0.2, 0.25) is 5.88 Å². The van der Waals surface area contributed by atoms with Crippen molar-refractivity contribution in [3.05, 3.63) is 53.2 Å². The molecule has 1 N–H and O–H groups in total. The molecule has 1 heterocycles. The number of carbonyl (C=O) groups is 1. The average Bonchev–Trinajstić information content (AvgIpc) is 2.43. The molecule has 0 saturated heterocycles. The van der Waals surface area contributed by atoms with Gasteiger partial charge in [-0.1, -0.05) is 12.1 Å². The van der Waals surface area contributed by atoms with E-state index in [1.54, 1.807) is 31.2 Å². The number of hydrogen-bond donors (Lipinski definition) is 1. The summed E-state index contributed by atoms with van der Waals surface area (Å²) in [6.07, 6.45) is 1.61. The van der Waals surface area contributed by atoms with Gasteiger partial charge in [0.15, 0.2) is 0 Å². The van der Waals surface area contributed by atoms with E-state index in [4.69, 9.17) is 15.1 Å². The van der Waals surface area contributed by atoms with Crippen LogP contribution >= 0.6 is 0 Å². The molecule has 0 atom stereocenters. The number of rotatable bonds is 4. The molecule has 2 rings (SSSR count). The lowest BCUT2D eigenvalue weighted by molar-refractivity contribution is 0.0696. The molecule has 5 nitrogen and oxygen atoms in total. The highest BCUT2D eigenvalue weighted by atomic mass is 16.5. The van der Waals surface area contributed by atoms with E-state index in [1.807, 2.05) is 0 Å². The maximum Gasteiger partial charge on any atom is 0.337 e. The zero-order valence-electron chi connectivity index (χ0n) is 10.8. The van der Waals surface area contributed by atoms with Crippen LogP contribution in [-0.2, 0) is 6.42 Å². The number of aryl methyl sites for hydroxylation is 1. The lowest BCUT2D eigenvalue weighted by Crippen LogP contribution is -2.00. The van der Waals surface area contributed by atoms with E-state index in [0.29, 0.717) is 23.6 Å². The van der Waals surface area contributed by atoms with Crippen molar-refractivity contribution in [1.29, 1.82) is 5.26 Å². The Kier molecular flexibility index (Phi) is 3.96. The van der Waals surface area contributed by atoms with Crippen LogP contribution in [0.3, 0.4) is 0 Å². The number of aromatic nitrogens is 1. The first-order chi connectivity index (χ1) is 9.60. The summed E-state index contributed by atoms with van der Waals surface area (Å²) >= 11 is 0. The van der Waals surface area contributed by atoms with Gasteiger partial charge in [-0.2, -0.15) is 5.26 Å². The molecule has 1 aromatic heterocycles. The molecule has 0 aliphatic heterocycles. The Labute approximate surface area is 116 Å². The van der Waals surface area contributed by atoms with Gasteiger partial charge in [-0.05, 0) is 30.7 Å². The van der Waals surface area contributed by atoms with Crippen LogP contribution in [0, 0.1) is 18.3 Å². The van der Waals surface area contributed by atoms with Crippen molar-refractivity contribution >= 4 is 5.97 Å². The molecule has 100 valence electrons. The average molecular weight is 268 g/mol. The summed E-state index contributed by atoms with van der Waals surface area (Å²) in [6.45, 7) is 1.73. The number of nitriles is 1. The maximum absolute atomic E-state index is 10.8. The van der Waals surface area contributed by atoms with Gasteiger partial charge >= 0.3 is 5.97 Å². The van der Waals surface area contributed by atoms with E-state index in [-0.39, 0.29) is 5.56 Å². The summed E-state index contributed by atoms with van der Waals surface area (Å²) in [4.78, 5) is 14.8. The Bertz CT molecular complexity index is 673. The summed E-state index contributed by atoms with van der Waals surface area (Å²) in [5.74, 6) is -0.0681. The second-order valence-electron chi connectivity index (χ2n) is 4.23. The smallest absolute Gasteiger partial charge is 0.337 e. The van der Waals surface area contributed by atoms with E-state index in [9.17, 15) is 4.79 Å². The highest BCUT2D eigenvalue weighted by molar-refractivity contribution is 5.87. The first-order valence-electron chi connectivity index (χ1n) is 5.94. The van der Waals surface area contributed by atoms with Crippen molar-refractivity contribution in [2.24, 2.45) is 0 Å². The lowest BCUT2D eigenvalue weighted by atomic mass is 10.1. The van der Waals surface area contributed by atoms with Crippen LogP contribution < -0.4 is 4.74 Å². The second kappa shape index (κ2) is 5.85. The molecule has 0 fully saturated rings. The number of aromatic carboxylic acids is 1. The van der Waals surface area contributed by atoms with Crippen LogP contribution in [0.4, 0.5) is 0 Å². The van der Waals surface area contributed by atoms with Crippen molar-refractivity contribution in [2.75, 3.05) is 0 Å². The number of carboxylic acid groups (broad SMARTS) is 1. The molecule has 5 heteroatoms. The SMILES string of the molecule is Cc1cc(C(=O)O)cnc1Oc1ccc(CC#N)cc1. The summed E-state index contributed by atoms with van der Waals surface area (Å²) in [6, 6.07) is 10.7. The van der Waals surface area contributed by atoms with Crippen molar-refractivity contribution in [1.82, 2.24) is 4.98 Å². The van der Waals surface area contributed by atoms with E-state index < -0.39 is 5.97 Å². The molecule has 1 aromatic carbocycles. The Morgan fingerprint density at radius 1 is 1.40 bits per heavy atom. The fourth-order valence-corrected chi connectivity index (χ4v) is 1.66.